The standard InChI is InChI=1S/2C22H23ClN2O3.2ClH.H2O/c2*23-18-11-14-3-4-15(12-24-10-9-13-1-5-16(26)6-2-13)22(28)20(14)17-7-8-19(27)25-21(17)18;;;/h2*1-2,5-6,11,15,24,26H,3-4,7-10,12H2,(H,25,27);2*1H;1H2. The van der Waals surface area contributed by atoms with Crippen molar-refractivity contribution in [3.63, 3.8) is 0 Å². The van der Waals surface area contributed by atoms with E-state index >= 15 is 0 Å². The van der Waals surface area contributed by atoms with E-state index in [0.29, 0.717) is 60.2 Å². The highest BCUT2D eigenvalue weighted by Crippen LogP contribution is 2.41. The van der Waals surface area contributed by atoms with Crippen LogP contribution in [0.2, 0.25) is 10.0 Å². The van der Waals surface area contributed by atoms with Crippen molar-refractivity contribution >= 4 is 82.8 Å². The first-order valence-electron chi connectivity index (χ1n) is 19.4. The van der Waals surface area contributed by atoms with E-state index < -0.39 is 0 Å². The fourth-order valence-corrected chi connectivity index (χ4v) is 8.83. The molecule has 11 nitrogen and oxygen atoms in total. The highest BCUT2D eigenvalue weighted by atomic mass is 35.5. The van der Waals surface area contributed by atoms with Crippen LogP contribution < -0.4 is 21.3 Å². The number of phenols is 2. The maximum atomic E-state index is 13.2. The molecule has 0 fully saturated rings. The Morgan fingerprint density at radius 1 is 0.576 bits per heavy atom. The first-order valence-corrected chi connectivity index (χ1v) is 20.1. The van der Waals surface area contributed by atoms with Gasteiger partial charge in [-0.3, -0.25) is 19.2 Å². The van der Waals surface area contributed by atoms with Gasteiger partial charge in [0.15, 0.2) is 11.6 Å². The van der Waals surface area contributed by atoms with E-state index in [2.05, 4.69) is 21.3 Å². The van der Waals surface area contributed by atoms with E-state index in [4.69, 9.17) is 23.2 Å². The Balaban J connectivity index is 0.000000248. The molecule has 2 aliphatic carbocycles. The predicted molar refractivity (Wildman–Crippen MR) is 237 cm³/mol. The number of hydrogen-bond donors (Lipinski definition) is 6. The topological polar surface area (TPSA) is 188 Å². The minimum absolute atomic E-state index is 0. The molecule has 8 rings (SSSR count). The maximum absolute atomic E-state index is 13.2. The van der Waals surface area contributed by atoms with Crippen LogP contribution in [0.5, 0.6) is 11.5 Å². The molecule has 0 saturated heterocycles. The third kappa shape index (κ3) is 11.1. The van der Waals surface area contributed by atoms with E-state index in [0.717, 1.165) is 96.1 Å². The Kier molecular flexibility index (Phi) is 17.2. The van der Waals surface area contributed by atoms with Crippen molar-refractivity contribution in [1.82, 2.24) is 10.6 Å². The molecular weight excluding hydrogens is 838 g/mol. The number of anilines is 2. The average molecular weight is 889 g/mol. The van der Waals surface area contributed by atoms with Crippen LogP contribution in [0.4, 0.5) is 11.4 Å². The van der Waals surface area contributed by atoms with Gasteiger partial charge in [-0.2, -0.15) is 0 Å². The third-order valence-corrected chi connectivity index (χ3v) is 11.9. The van der Waals surface area contributed by atoms with Gasteiger partial charge in [0.1, 0.15) is 11.5 Å². The van der Waals surface area contributed by atoms with Crippen molar-refractivity contribution in [1.29, 1.82) is 0 Å². The summed E-state index contributed by atoms with van der Waals surface area (Å²) in [4.78, 5) is 49.8. The molecular formula is C44H50Cl4N4O7. The summed E-state index contributed by atoms with van der Waals surface area (Å²) >= 11 is 12.7. The Bertz CT molecular complexity index is 2010. The van der Waals surface area contributed by atoms with Crippen LogP contribution >= 0.6 is 48.0 Å². The number of nitrogens with one attached hydrogen (secondary N) is 4. The van der Waals surface area contributed by atoms with Gasteiger partial charge in [-0.1, -0.05) is 47.5 Å². The fourth-order valence-electron chi connectivity index (χ4n) is 8.24. The number of rotatable bonds is 10. The quantitative estimate of drug-likeness (QED) is 0.0916. The molecule has 2 amide bonds. The van der Waals surface area contributed by atoms with Crippen LogP contribution in [0.1, 0.15) is 79.8 Å². The molecule has 316 valence electrons. The number of benzene rings is 4. The van der Waals surface area contributed by atoms with Crippen molar-refractivity contribution in [2.75, 3.05) is 36.8 Å². The number of Topliss-reactive ketones (excluding diaryl/α,β-unsaturated/α-hetero) is 2. The van der Waals surface area contributed by atoms with Gasteiger partial charge >= 0.3 is 0 Å². The molecule has 2 heterocycles. The second-order valence-electron chi connectivity index (χ2n) is 15.0. The van der Waals surface area contributed by atoms with Crippen molar-refractivity contribution in [3.05, 3.63) is 115 Å². The normalized spacial score (nSPS) is 17.5. The third-order valence-electron chi connectivity index (χ3n) is 11.3. The molecule has 15 heteroatoms. The lowest BCUT2D eigenvalue weighted by Gasteiger charge is -2.29. The first-order chi connectivity index (χ1) is 27.0. The van der Waals surface area contributed by atoms with Crippen LogP contribution in [0.3, 0.4) is 0 Å². The summed E-state index contributed by atoms with van der Waals surface area (Å²) in [6, 6.07) is 18.0. The molecule has 4 aromatic rings. The lowest BCUT2D eigenvalue weighted by Crippen LogP contribution is -2.35. The number of phenolic OH excluding ortho intramolecular Hbond substituents is 2. The molecule has 8 N–H and O–H groups in total. The van der Waals surface area contributed by atoms with Crippen LogP contribution in [-0.2, 0) is 48.1 Å². The number of amides is 2. The Hall–Kier alpha value is -4.20. The molecule has 2 aliphatic heterocycles. The smallest absolute Gasteiger partial charge is 0.224 e. The van der Waals surface area contributed by atoms with Gasteiger partial charge in [-0.25, -0.2) is 0 Å². The molecule has 2 atom stereocenters. The molecule has 59 heavy (non-hydrogen) atoms. The van der Waals surface area contributed by atoms with Crippen LogP contribution in [-0.4, -0.2) is 65.2 Å². The van der Waals surface area contributed by atoms with E-state index in [1.54, 1.807) is 24.3 Å². The fraction of sp³-hybridized carbons (Fsp3) is 0.364. The van der Waals surface area contributed by atoms with E-state index in [1.165, 1.54) is 0 Å². The number of fused-ring (bicyclic) bond motifs is 6. The molecule has 0 bridgehead atoms. The Labute approximate surface area is 366 Å². The molecule has 0 radical (unpaired) electrons. The summed E-state index contributed by atoms with van der Waals surface area (Å²) < 4.78 is 0. The first kappa shape index (κ1) is 47.5. The van der Waals surface area contributed by atoms with Gasteiger partial charge in [0.05, 0.1) is 21.4 Å². The van der Waals surface area contributed by atoms with Crippen LogP contribution in [0.25, 0.3) is 0 Å². The molecule has 4 aromatic carbocycles. The van der Waals surface area contributed by atoms with E-state index in [-0.39, 0.29) is 77.0 Å². The average Bonchev–Trinajstić information content (AvgIpc) is 3.18. The number of aromatic hydroxyl groups is 2. The van der Waals surface area contributed by atoms with Gasteiger partial charge < -0.3 is 37.0 Å². The SMILES string of the molecule is Cl.Cl.O.O=C1CCc2c(c(Cl)cc3c2C(=O)C(CNCCc2ccc(O)cc2)CC3)N1.O=C1CCc2c(c(Cl)cc3c2C(=O)C(CNCCc2ccc(O)cc2)CC3)N1. The second-order valence-corrected chi connectivity index (χ2v) is 15.8. The number of carbonyl (C=O) groups excluding carboxylic acids is 4. The number of ketones is 2. The van der Waals surface area contributed by atoms with Gasteiger partial charge in [0.2, 0.25) is 11.8 Å². The zero-order valence-electron chi connectivity index (χ0n) is 32.4. The lowest BCUT2D eigenvalue weighted by atomic mass is 9.78. The summed E-state index contributed by atoms with van der Waals surface area (Å²) in [5, 5.41) is 32.2. The van der Waals surface area contributed by atoms with E-state index in [9.17, 15) is 29.4 Å². The summed E-state index contributed by atoms with van der Waals surface area (Å²) in [7, 11) is 0. The van der Waals surface area contributed by atoms with Crippen molar-refractivity contribution in [2.45, 2.75) is 64.2 Å². The zero-order chi connectivity index (χ0) is 39.3. The van der Waals surface area contributed by atoms with Crippen molar-refractivity contribution in [2.24, 2.45) is 11.8 Å². The summed E-state index contributed by atoms with van der Waals surface area (Å²) in [5.74, 6) is 0.621. The summed E-state index contributed by atoms with van der Waals surface area (Å²) in [6.07, 6.45) is 6.86. The van der Waals surface area contributed by atoms with Gasteiger partial charge in [0.25, 0.3) is 0 Å². The largest absolute Gasteiger partial charge is 0.508 e. The van der Waals surface area contributed by atoms with Crippen LogP contribution in [0, 0.1) is 11.8 Å². The van der Waals surface area contributed by atoms with Gasteiger partial charge in [-0.05, 0) is 134 Å². The molecule has 0 aromatic heterocycles. The Morgan fingerprint density at radius 2 is 0.949 bits per heavy atom. The van der Waals surface area contributed by atoms with Crippen molar-refractivity contribution in [3.8, 4) is 11.5 Å². The minimum atomic E-state index is -0.0600. The maximum Gasteiger partial charge on any atom is 0.224 e. The molecule has 4 aliphatic rings. The van der Waals surface area contributed by atoms with Gasteiger partial charge in [0, 0.05) is 48.9 Å². The summed E-state index contributed by atoms with van der Waals surface area (Å²) in [5.41, 5.74) is 8.89. The zero-order valence-corrected chi connectivity index (χ0v) is 35.6. The number of aryl methyl sites for hydroxylation is 2. The molecule has 0 spiro atoms. The molecule has 2 unspecified atom stereocenters. The monoisotopic (exact) mass is 886 g/mol. The second kappa shape index (κ2) is 21.4. The highest BCUT2D eigenvalue weighted by molar-refractivity contribution is 6.35. The Morgan fingerprint density at radius 3 is 1.32 bits per heavy atom. The number of halogens is 4. The summed E-state index contributed by atoms with van der Waals surface area (Å²) in [6.45, 7) is 2.83. The van der Waals surface area contributed by atoms with Crippen molar-refractivity contribution < 1.29 is 34.9 Å². The molecule has 0 saturated carbocycles. The lowest BCUT2D eigenvalue weighted by molar-refractivity contribution is -0.117. The number of hydrogen-bond acceptors (Lipinski definition) is 8. The van der Waals surface area contributed by atoms with Gasteiger partial charge in [-0.15, -0.1) is 24.8 Å². The minimum Gasteiger partial charge on any atom is -0.508 e. The van der Waals surface area contributed by atoms with Crippen LogP contribution in [0.15, 0.2) is 60.7 Å². The number of carbonyl (C=O) groups is 4. The van der Waals surface area contributed by atoms with E-state index in [1.807, 2.05) is 36.4 Å². The predicted octanol–water partition coefficient (Wildman–Crippen LogP) is 7.03. The highest BCUT2D eigenvalue weighted by Gasteiger charge is 2.35.